The largest absolute Gasteiger partial charge is 0.394 e. The van der Waals surface area contributed by atoms with E-state index in [0.29, 0.717) is 27.0 Å². The van der Waals surface area contributed by atoms with E-state index in [1.54, 1.807) is 18.2 Å². The molecular formula is C12H13Cl2N3O3. The van der Waals surface area contributed by atoms with Gasteiger partial charge in [0.25, 0.3) is 0 Å². The predicted octanol–water partition coefficient (Wildman–Crippen LogP) is 1.10. The van der Waals surface area contributed by atoms with Crippen LogP contribution in [-0.2, 0) is 13.2 Å². The van der Waals surface area contributed by atoms with Gasteiger partial charge in [-0.25, -0.2) is 4.68 Å². The van der Waals surface area contributed by atoms with Gasteiger partial charge in [-0.15, -0.1) is 5.10 Å². The van der Waals surface area contributed by atoms with Crippen molar-refractivity contribution in [1.82, 2.24) is 15.0 Å². The molecule has 0 bridgehead atoms. The van der Waals surface area contributed by atoms with Gasteiger partial charge in [0, 0.05) is 5.56 Å². The summed E-state index contributed by atoms with van der Waals surface area (Å²) in [5, 5.41) is 36.2. The molecule has 2 rings (SSSR count). The number of rotatable bonds is 5. The molecule has 6 nitrogen and oxygen atoms in total. The second-order valence-electron chi connectivity index (χ2n) is 4.19. The molecule has 1 aromatic heterocycles. The predicted molar refractivity (Wildman–Crippen MR) is 74.5 cm³/mol. The highest BCUT2D eigenvalue weighted by molar-refractivity contribution is 6.42. The first-order valence-electron chi connectivity index (χ1n) is 5.84. The van der Waals surface area contributed by atoms with Crippen LogP contribution in [0.15, 0.2) is 18.2 Å². The second-order valence-corrected chi connectivity index (χ2v) is 5.00. The van der Waals surface area contributed by atoms with Crippen LogP contribution in [0.3, 0.4) is 0 Å². The standard InChI is InChI=1S/C12H13Cl2N3O3/c13-9-2-1-7(3-10(9)14)12-11(6-19)15-16-17(12)4-8(20)5-18/h1-3,8,18-20H,4-6H2. The van der Waals surface area contributed by atoms with E-state index in [4.69, 9.17) is 28.3 Å². The van der Waals surface area contributed by atoms with Gasteiger partial charge in [0.2, 0.25) is 0 Å². The maximum Gasteiger partial charge on any atom is 0.116 e. The monoisotopic (exact) mass is 317 g/mol. The molecule has 20 heavy (non-hydrogen) atoms. The van der Waals surface area contributed by atoms with Gasteiger partial charge in [0.1, 0.15) is 5.69 Å². The van der Waals surface area contributed by atoms with Gasteiger partial charge < -0.3 is 15.3 Å². The van der Waals surface area contributed by atoms with Crippen LogP contribution in [0.5, 0.6) is 0 Å². The van der Waals surface area contributed by atoms with E-state index in [1.807, 2.05) is 0 Å². The summed E-state index contributed by atoms with van der Waals surface area (Å²) >= 11 is 11.8. The summed E-state index contributed by atoms with van der Waals surface area (Å²) in [6.45, 7) is -0.640. The maximum absolute atomic E-state index is 9.52. The van der Waals surface area contributed by atoms with Gasteiger partial charge in [-0.1, -0.05) is 34.5 Å². The first kappa shape index (κ1) is 15.2. The number of hydrogen-bond donors (Lipinski definition) is 3. The smallest absolute Gasteiger partial charge is 0.116 e. The lowest BCUT2D eigenvalue weighted by Gasteiger charge is -2.11. The molecule has 0 fully saturated rings. The van der Waals surface area contributed by atoms with Crippen molar-refractivity contribution in [1.29, 1.82) is 0 Å². The normalized spacial score (nSPS) is 12.7. The van der Waals surface area contributed by atoms with Gasteiger partial charge in [-0.05, 0) is 12.1 Å². The van der Waals surface area contributed by atoms with Gasteiger partial charge in [-0.2, -0.15) is 0 Å². The molecule has 0 saturated carbocycles. The van der Waals surface area contributed by atoms with Crippen LogP contribution in [0, 0.1) is 0 Å². The molecule has 0 amide bonds. The fourth-order valence-electron chi connectivity index (χ4n) is 1.80. The summed E-state index contributed by atoms with van der Waals surface area (Å²) in [5.41, 5.74) is 1.55. The van der Waals surface area contributed by atoms with Gasteiger partial charge in [-0.3, -0.25) is 0 Å². The topological polar surface area (TPSA) is 91.4 Å². The van der Waals surface area contributed by atoms with Crippen LogP contribution >= 0.6 is 23.2 Å². The summed E-state index contributed by atoms with van der Waals surface area (Å²) < 4.78 is 1.41. The fraction of sp³-hybridized carbons (Fsp3) is 0.333. The van der Waals surface area contributed by atoms with Crippen LogP contribution in [0.2, 0.25) is 10.0 Å². The maximum atomic E-state index is 9.52. The molecule has 3 N–H and O–H groups in total. The molecule has 0 radical (unpaired) electrons. The van der Waals surface area contributed by atoms with Gasteiger partial charge >= 0.3 is 0 Å². The quantitative estimate of drug-likeness (QED) is 0.768. The minimum Gasteiger partial charge on any atom is -0.394 e. The van der Waals surface area contributed by atoms with E-state index in [9.17, 15) is 10.2 Å². The van der Waals surface area contributed by atoms with Crippen molar-refractivity contribution in [3.05, 3.63) is 33.9 Å². The Bertz CT molecular complexity index is 604. The Labute approximate surface area is 125 Å². The van der Waals surface area contributed by atoms with Crippen molar-refractivity contribution in [3.63, 3.8) is 0 Å². The minimum atomic E-state index is -0.968. The molecular weight excluding hydrogens is 305 g/mol. The Hall–Kier alpha value is -1.18. The molecule has 0 saturated heterocycles. The van der Waals surface area contributed by atoms with Crippen LogP contribution in [0.4, 0.5) is 0 Å². The molecule has 2 aromatic rings. The zero-order valence-corrected chi connectivity index (χ0v) is 11.9. The number of nitrogens with zero attached hydrogens (tertiary/aromatic N) is 3. The summed E-state index contributed by atoms with van der Waals surface area (Å²) in [7, 11) is 0. The van der Waals surface area contributed by atoms with Gasteiger partial charge in [0.15, 0.2) is 0 Å². The van der Waals surface area contributed by atoms with Crippen molar-refractivity contribution in [2.24, 2.45) is 0 Å². The Balaban J connectivity index is 2.47. The van der Waals surface area contributed by atoms with E-state index in [0.717, 1.165) is 0 Å². The molecule has 1 unspecified atom stereocenters. The summed E-state index contributed by atoms with van der Waals surface area (Å²) in [6.07, 6.45) is -0.968. The molecule has 1 aromatic carbocycles. The minimum absolute atomic E-state index is 0.0546. The van der Waals surface area contributed by atoms with E-state index in [-0.39, 0.29) is 13.2 Å². The molecule has 0 aliphatic heterocycles. The van der Waals surface area contributed by atoms with Crippen molar-refractivity contribution < 1.29 is 15.3 Å². The molecule has 8 heteroatoms. The van der Waals surface area contributed by atoms with Crippen molar-refractivity contribution >= 4 is 23.2 Å². The van der Waals surface area contributed by atoms with E-state index < -0.39 is 12.7 Å². The molecule has 0 spiro atoms. The first-order chi connectivity index (χ1) is 9.56. The van der Waals surface area contributed by atoms with E-state index >= 15 is 0 Å². The SMILES string of the molecule is OCc1nnn(CC(O)CO)c1-c1ccc(Cl)c(Cl)c1. The van der Waals surface area contributed by atoms with Gasteiger partial charge in [0.05, 0.1) is 41.6 Å². The fourth-order valence-corrected chi connectivity index (χ4v) is 2.10. The summed E-state index contributed by atoms with van der Waals surface area (Å²) in [4.78, 5) is 0. The zero-order chi connectivity index (χ0) is 14.7. The number of benzene rings is 1. The van der Waals surface area contributed by atoms with E-state index in [1.165, 1.54) is 4.68 Å². The third-order valence-corrected chi connectivity index (χ3v) is 3.48. The van der Waals surface area contributed by atoms with Crippen molar-refractivity contribution in [3.8, 4) is 11.3 Å². The number of hydrogen-bond acceptors (Lipinski definition) is 5. The van der Waals surface area contributed by atoms with Crippen LogP contribution < -0.4 is 0 Å². The highest BCUT2D eigenvalue weighted by Gasteiger charge is 2.17. The molecule has 1 heterocycles. The third kappa shape index (κ3) is 3.11. The van der Waals surface area contributed by atoms with Crippen LogP contribution in [0.1, 0.15) is 5.69 Å². The van der Waals surface area contributed by atoms with Crippen molar-refractivity contribution in [2.45, 2.75) is 19.3 Å². The average Bonchev–Trinajstić information content (AvgIpc) is 2.84. The summed E-state index contributed by atoms with van der Waals surface area (Å²) in [6, 6.07) is 4.97. The second kappa shape index (κ2) is 6.51. The Morgan fingerprint density at radius 1 is 1.20 bits per heavy atom. The molecule has 1 atom stereocenters. The number of halogens is 2. The van der Waals surface area contributed by atoms with Crippen molar-refractivity contribution in [2.75, 3.05) is 6.61 Å². The lowest BCUT2D eigenvalue weighted by molar-refractivity contribution is 0.0782. The van der Waals surface area contributed by atoms with Crippen LogP contribution in [-0.4, -0.2) is 43.0 Å². The Kier molecular flexibility index (Phi) is 4.95. The number of aromatic nitrogens is 3. The lowest BCUT2D eigenvalue weighted by atomic mass is 10.1. The average molecular weight is 318 g/mol. The number of aliphatic hydroxyl groups excluding tert-OH is 3. The zero-order valence-electron chi connectivity index (χ0n) is 10.4. The first-order valence-corrected chi connectivity index (χ1v) is 6.60. The Morgan fingerprint density at radius 2 is 1.95 bits per heavy atom. The summed E-state index contributed by atoms with van der Waals surface area (Å²) in [5.74, 6) is 0. The van der Waals surface area contributed by atoms with E-state index in [2.05, 4.69) is 10.3 Å². The molecule has 0 aliphatic carbocycles. The highest BCUT2D eigenvalue weighted by Crippen LogP contribution is 2.30. The van der Waals surface area contributed by atoms with Crippen LogP contribution in [0.25, 0.3) is 11.3 Å². The molecule has 0 aliphatic rings. The third-order valence-electron chi connectivity index (χ3n) is 2.74. The molecule has 108 valence electrons. The lowest BCUT2D eigenvalue weighted by Crippen LogP contribution is -2.21. The highest BCUT2D eigenvalue weighted by atomic mass is 35.5. The number of aliphatic hydroxyl groups is 3. The Morgan fingerprint density at radius 3 is 2.55 bits per heavy atom.